The number of hydrogen-bond donors (Lipinski definition) is 0. The molecule has 0 atom stereocenters. The maximum absolute atomic E-state index is 14.4. The van der Waals surface area contributed by atoms with Crippen molar-refractivity contribution in [2.75, 3.05) is 76.9 Å². The number of rotatable bonds is 11. The third kappa shape index (κ3) is 8.12. The number of benzene rings is 1. The van der Waals surface area contributed by atoms with Crippen molar-refractivity contribution in [2.45, 2.75) is 65.5 Å². The summed E-state index contributed by atoms with van der Waals surface area (Å²) in [4.78, 5) is 42.3. The molecule has 0 unspecified atom stereocenters. The van der Waals surface area contributed by atoms with Gasteiger partial charge in [0.2, 0.25) is 5.91 Å². The molecule has 6 rings (SSSR count). The minimum Gasteiger partial charge on any atom is -0.451 e. The molecular weight excluding hydrogens is 688 g/mol. The second-order valence-corrected chi connectivity index (χ2v) is 17.2. The zero-order valence-corrected chi connectivity index (χ0v) is 31.7. The molecule has 1 aromatic carbocycles. The summed E-state index contributed by atoms with van der Waals surface area (Å²) in [7, 11) is -3.54. The highest BCUT2D eigenvalue weighted by Gasteiger charge is 2.46. The van der Waals surface area contributed by atoms with Gasteiger partial charge < -0.3 is 24.3 Å². The summed E-state index contributed by atoms with van der Waals surface area (Å²) < 4.78 is 50.5. The van der Waals surface area contributed by atoms with Gasteiger partial charge in [0.05, 0.1) is 11.8 Å². The Morgan fingerprint density at radius 2 is 1.62 bits per heavy atom. The molecule has 0 bridgehead atoms. The molecule has 5 heterocycles. The van der Waals surface area contributed by atoms with Gasteiger partial charge in [-0.1, -0.05) is 6.58 Å². The van der Waals surface area contributed by atoms with Gasteiger partial charge in [-0.15, -0.1) is 0 Å². The molecule has 52 heavy (non-hydrogen) atoms. The number of nitrogens with zero attached hydrogens (tertiary/aromatic N) is 8. The molecule has 0 aliphatic carbocycles. The standard InChI is InChI=1S/C37H53FN8O5S/c1-6-34(47)42-17-19-45(20-18-42)52(49,50)44-13-9-29(10-14-44)23-41-15-11-37(12-16-41)24-43(25-37)35-33(22-39-26-40-35)51-32-8-7-30(38)21-31(32)36(48)46(27(2)3)28(4)5/h6-8,21-22,26-29H,1,9-20,23-25H2,2-5H3. The lowest BCUT2D eigenvalue weighted by molar-refractivity contribution is -0.127. The van der Waals surface area contributed by atoms with Crippen LogP contribution in [0.5, 0.6) is 11.5 Å². The van der Waals surface area contributed by atoms with Crippen LogP contribution in [0.15, 0.2) is 43.4 Å². The summed E-state index contributed by atoms with van der Waals surface area (Å²) in [6.45, 7) is 18.4. The van der Waals surface area contributed by atoms with Crippen LogP contribution in [0.2, 0.25) is 0 Å². The minimum atomic E-state index is -3.54. The van der Waals surface area contributed by atoms with E-state index < -0.39 is 16.0 Å². The summed E-state index contributed by atoms with van der Waals surface area (Å²) in [5.41, 5.74) is 0.344. The smallest absolute Gasteiger partial charge is 0.282 e. The van der Waals surface area contributed by atoms with Crippen LogP contribution in [0.25, 0.3) is 0 Å². The lowest BCUT2D eigenvalue weighted by Crippen LogP contribution is -2.61. The van der Waals surface area contributed by atoms with E-state index in [0.717, 1.165) is 58.4 Å². The van der Waals surface area contributed by atoms with Crippen molar-refractivity contribution in [3.05, 3.63) is 54.8 Å². The van der Waals surface area contributed by atoms with Crippen LogP contribution in [0.1, 0.15) is 63.7 Å². The molecular formula is C37H53FN8O5S. The first-order chi connectivity index (χ1) is 24.8. The zero-order valence-electron chi connectivity index (χ0n) is 30.9. The Bertz CT molecular complexity index is 1700. The predicted molar refractivity (Wildman–Crippen MR) is 197 cm³/mol. The quantitative estimate of drug-likeness (QED) is 0.316. The van der Waals surface area contributed by atoms with E-state index in [1.165, 1.54) is 34.9 Å². The Labute approximate surface area is 307 Å². The van der Waals surface area contributed by atoms with E-state index in [1.54, 1.807) is 20.3 Å². The number of hydrogen-bond acceptors (Lipinski definition) is 9. The maximum atomic E-state index is 14.4. The molecule has 0 N–H and O–H groups in total. The van der Waals surface area contributed by atoms with Gasteiger partial charge in [-0.3, -0.25) is 9.59 Å². The topological polar surface area (TPSA) is 123 Å². The molecule has 2 aromatic rings. The van der Waals surface area contributed by atoms with E-state index in [1.807, 2.05) is 27.7 Å². The maximum Gasteiger partial charge on any atom is 0.282 e. The first-order valence-electron chi connectivity index (χ1n) is 18.5. The van der Waals surface area contributed by atoms with E-state index in [-0.39, 0.29) is 40.6 Å². The Morgan fingerprint density at radius 3 is 2.23 bits per heavy atom. The number of anilines is 1. The molecule has 1 aromatic heterocycles. The van der Waals surface area contributed by atoms with E-state index in [0.29, 0.717) is 56.8 Å². The van der Waals surface area contributed by atoms with Crippen molar-refractivity contribution in [3.8, 4) is 11.5 Å². The zero-order chi connectivity index (χ0) is 37.2. The molecule has 4 fully saturated rings. The number of piperidine rings is 2. The van der Waals surface area contributed by atoms with Crippen molar-refractivity contribution in [1.29, 1.82) is 0 Å². The van der Waals surface area contributed by atoms with E-state index in [4.69, 9.17) is 4.74 Å². The number of carbonyl (C=O) groups excluding carboxylic acids is 2. The van der Waals surface area contributed by atoms with Crippen molar-refractivity contribution in [3.63, 3.8) is 0 Å². The van der Waals surface area contributed by atoms with Gasteiger partial charge >= 0.3 is 0 Å². The molecule has 0 saturated carbocycles. The van der Waals surface area contributed by atoms with Crippen LogP contribution in [0.3, 0.4) is 0 Å². The fourth-order valence-corrected chi connectivity index (χ4v) is 9.88. The first-order valence-corrected chi connectivity index (χ1v) is 19.9. The van der Waals surface area contributed by atoms with Crippen LogP contribution < -0.4 is 9.64 Å². The van der Waals surface area contributed by atoms with Crippen LogP contribution >= 0.6 is 0 Å². The number of carbonyl (C=O) groups is 2. The third-order valence-electron chi connectivity index (χ3n) is 11.1. The number of ether oxygens (including phenoxy) is 1. The monoisotopic (exact) mass is 740 g/mol. The average molecular weight is 741 g/mol. The van der Waals surface area contributed by atoms with E-state index in [9.17, 15) is 22.4 Å². The van der Waals surface area contributed by atoms with Crippen LogP contribution in [0.4, 0.5) is 10.2 Å². The second kappa shape index (κ2) is 15.7. The van der Waals surface area contributed by atoms with Crippen LogP contribution in [0, 0.1) is 17.2 Å². The summed E-state index contributed by atoms with van der Waals surface area (Å²) >= 11 is 0. The molecule has 15 heteroatoms. The SMILES string of the molecule is C=CC(=O)N1CCN(S(=O)(=O)N2CCC(CN3CCC4(CC3)CN(c3ncncc3Oc3ccc(F)cc3C(=O)N(C(C)C)C(C)C)C4)CC2)CC1. The molecule has 13 nitrogen and oxygen atoms in total. The molecule has 4 aliphatic heterocycles. The van der Waals surface area contributed by atoms with Crippen molar-refractivity contribution >= 4 is 27.8 Å². The number of halogens is 1. The van der Waals surface area contributed by atoms with Gasteiger partial charge in [0, 0.05) is 76.4 Å². The predicted octanol–water partition coefficient (Wildman–Crippen LogP) is 3.86. The Morgan fingerprint density at radius 1 is 0.981 bits per heavy atom. The molecule has 2 amide bonds. The van der Waals surface area contributed by atoms with Gasteiger partial charge in [-0.05, 0) is 96.7 Å². The number of amides is 2. The molecule has 4 saturated heterocycles. The summed E-state index contributed by atoms with van der Waals surface area (Å²) in [6.07, 6.45) is 8.18. The summed E-state index contributed by atoms with van der Waals surface area (Å²) in [6, 6.07) is 3.87. The fourth-order valence-electron chi connectivity index (χ4n) is 8.26. The fraction of sp³-hybridized carbons (Fsp3) is 0.622. The molecule has 0 radical (unpaired) electrons. The number of likely N-dealkylation sites (tertiary alicyclic amines) is 1. The summed E-state index contributed by atoms with van der Waals surface area (Å²) in [5, 5.41) is 0. The molecule has 284 valence electrons. The first kappa shape index (κ1) is 38.1. The lowest BCUT2D eigenvalue weighted by Gasteiger charge is -2.54. The van der Waals surface area contributed by atoms with E-state index >= 15 is 0 Å². The number of aromatic nitrogens is 2. The van der Waals surface area contributed by atoms with Crippen molar-refractivity contribution in [1.82, 2.24) is 33.3 Å². The minimum absolute atomic E-state index is 0.0741. The van der Waals surface area contributed by atoms with Gasteiger partial charge in [-0.2, -0.15) is 17.0 Å². The normalized spacial score (nSPS) is 20.7. The van der Waals surface area contributed by atoms with Crippen molar-refractivity contribution in [2.24, 2.45) is 11.3 Å². The van der Waals surface area contributed by atoms with Crippen LogP contribution in [-0.2, 0) is 15.0 Å². The Hall–Kier alpha value is -3.66. The highest BCUT2D eigenvalue weighted by atomic mass is 32.2. The highest BCUT2D eigenvalue weighted by Crippen LogP contribution is 2.45. The molecule has 1 spiro atoms. The largest absolute Gasteiger partial charge is 0.451 e. The van der Waals surface area contributed by atoms with Gasteiger partial charge in [0.15, 0.2) is 11.6 Å². The Balaban J connectivity index is 0.992. The van der Waals surface area contributed by atoms with Gasteiger partial charge in [0.25, 0.3) is 16.1 Å². The van der Waals surface area contributed by atoms with Crippen molar-refractivity contribution < 1.29 is 27.1 Å². The third-order valence-corrected chi connectivity index (χ3v) is 13.2. The van der Waals surface area contributed by atoms with E-state index in [2.05, 4.69) is 26.3 Å². The number of piperazine rings is 1. The highest BCUT2D eigenvalue weighted by molar-refractivity contribution is 7.86. The summed E-state index contributed by atoms with van der Waals surface area (Å²) in [5.74, 6) is 0.841. The van der Waals surface area contributed by atoms with Gasteiger partial charge in [0.1, 0.15) is 17.9 Å². The van der Waals surface area contributed by atoms with Crippen LogP contribution in [-0.4, -0.2) is 138 Å². The second-order valence-electron chi connectivity index (χ2n) is 15.3. The average Bonchev–Trinajstić information content (AvgIpc) is 3.11. The lowest BCUT2D eigenvalue weighted by atomic mass is 9.72. The Kier molecular flexibility index (Phi) is 11.5. The van der Waals surface area contributed by atoms with Gasteiger partial charge in [-0.25, -0.2) is 14.4 Å². The molecule has 4 aliphatic rings.